The summed E-state index contributed by atoms with van der Waals surface area (Å²) in [6.07, 6.45) is 1.26. The van der Waals surface area contributed by atoms with Gasteiger partial charge in [0.2, 0.25) is 0 Å². The van der Waals surface area contributed by atoms with Gasteiger partial charge in [-0.2, -0.15) is 0 Å². The van der Waals surface area contributed by atoms with E-state index in [0.29, 0.717) is 5.56 Å². The molecule has 1 N–H and O–H groups in total. The molecule has 0 aromatic heterocycles. The van der Waals surface area contributed by atoms with E-state index < -0.39 is 17.7 Å². The van der Waals surface area contributed by atoms with Gasteiger partial charge in [0.25, 0.3) is 5.79 Å². The first-order valence-electron chi connectivity index (χ1n) is 6.41. The van der Waals surface area contributed by atoms with Crippen molar-refractivity contribution in [2.75, 3.05) is 14.2 Å². The molecule has 22 heavy (non-hydrogen) atoms. The summed E-state index contributed by atoms with van der Waals surface area (Å²) in [5.41, 5.74) is 0.0890. The van der Waals surface area contributed by atoms with E-state index in [-0.39, 0.29) is 22.8 Å². The van der Waals surface area contributed by atoms with Gasteiger partial charge in [0.15, 0.2) is 11.5 Å². The number of hydrogen-bond donors (Lipinski definition) is 1. The number of esters is 2. The molecule has 0 amide bonds. The van der Waals surface area contributed by atoms with Crippen LogP contribution in [0.15, 0.2) is 17.7 Å². The molecular formula is C15H16O7. The van der Waals surface area contributed by atoms with Gasteiger partial charge in [0.05, 0.1) is 14.2 Å². The molecule has 1 heterocycles. The van der Waals surface area contributed by atoms with Gasteiger partial charge in [-0.05, 0) is 12.1 Å². The number of hydrogen-bond acceptors (Lipinski definition) is 7. The summed E-state index contributed by atoms with van der Waals surface area (Å²) in [7, 11) is 2.77. The van der Waals surface area contributed by atoms with E-state index in [4.69, 9.17) is 18.9 Å². The Labute approximate surface area is 127 Å². The number of cyclic esters (lactones) is 2. The number of methoxy groups -OCH3 is 2. The number of benzene rings is 1. The predicted octanol–water partition coefficient (Wildman–Crippen LogP) is 1.63. The Hall–Kier alpha value is -2.70. The van der Waals surface area contributed by atoms with Crippen LogP contribution in [-0.2, 0) is 19.1 Å². The Bertz CT molecular complexity index is 636. The number of ether oxygens (including phenoxy) is 4. The summed E-state index contributed by atoms with van der Waals surface area (Å²) >= 11 is 0. The van der Waals surface area contributed by atoms with Crippen LogP contribution < -0.4 is 9.47 Å². The fourth-order valence-electron chi connectivity index (χ4n) is 1.95. The molecule has 0 aliphatic carbocycles. The Kier molecular flexibility index (Phi) is 3.99. The normalized spacial score (nSPS) is 16.6. The monoisotopic (exact) mass is 308 g/mol. The summed E-state index contributed by atoms with van der Waals surface area (Å²) in [6, 6.07) is 2.75. The zero-order valence-electron chi connectivity index (χ0n) is 12.6. The molecular weight excluding hydrogens is 292 g/mol. The lowest BCUT2D eigenvalue weighted by molar-refractivity contribution is -0.222. The van der Waals surface area contributed by atoms with E-state index in [2.05, 4.69) is 0 Å². The van der Waals surface area contributed by atoms with E-state index in [9.17, 15) is 14.7 Å². The molecule has 0 radical (unpaired) electrons. The zero-order valence-corrected chi connectivity index (χ0v) is 12.6. The Morgan fingerprint density at radius 2 is 1.59 bits per heavy atom. The van der Waals surface area contributed by atoms with E-state index in [1.54, 1.807) is 0 Å². The van der Waals surface area contributed by atoms with Crippen LogP contribution in [0, 0.1) is 0 Å². The Balaban J connectivity index is 2.48. The van der Waals surface area contributed by atoms with Crippen LogP contribution in [0.1, 0.15) is 19.4 Å². The first-order chi connectivity index (χ1) is 10.3. The first-order valence-corrected chi connectivity index (χ1v) is 6.41. The van der Waals surface area contributed by atoms with Crippen molar-refractivity contribution in [1.29, 1.82) is 0 Å². The summed E-state index contributed by atoms with van der Waals surface area (Å²) in [5, 5.41) is 9.72. The standard InChI is InChI=1S/C15H16O7/c1-15(2)21-13(17)9(14(18)22-15)5-8-6-12(20-4)10(16)7-11(8)19-3/h5-7,16H,1-4H3. The molecule has 7 heteroatoms. The second kappa shape index (κ2) is 5.59. The van der Waals surface area contributed by atoms with Gasteiger partial charge in [0, 0.05) is 25.5 Å². The van der Waals surface area contributed by atoms with Gasteiger partial charge >= 0.3 is 11.9 Å². The highest BCUT2D eigenvalue weighted by Crippen LogP contribution is 2.35. The van der Waals surface area contributed by atoms with E-state index in [1.165, 1.54) is 46.3 Å². The fraction of sp³-hybridized carbons (Fsp3) is 0.333. The van der Waals surface area contributed by atoms with Crippen molar-refractivity contribution < 1.29 is 33.6 Å². The van der Waals surface area contributed by atoms with Gasteiger partial charge in [-0.3, -0.25) is 0 Å². The summed E-state index contributed by atoms with van der Waals surface area (Å²) < 4.78 is 20.1. The lowest BCUT2D eigenvalue weighted by atomic mass is 10.1. The molecule has 1 saturated heterocycles. The van der Waals surface area contributed by atoms with E-state index in [0.717, 1.165) is 0 Å². The van der Waals surface area contributed by atoms with Crippen molar-refractivity contribution in [1.82, 2.24) is 0 Å². The minimum absolute atomic E-state index is 0.128. The van der Waals surface area contributed by atoms with Crippen molar-refractivity contribution in [2.24, 2.45) is 0 Å². The molecule has 1 fully saturated rings. The highest BCUT2D eigenvalue weighted by Gasteiger charge is 2.39. The van der Waals surface area contributed by atoms with Crippen LogP contribution in [0.5, 0.6) is 17.2 Å². The summed E-state index contributed by atoms with van der Waals surface area (Å²) in [5.74, 6) is -2.59. The van der Waals surface area contributed by atoms with E-state index in [1.807, 2.05) is 0 Å². The van der Waals surface area contributed by atoms with Gasteiger partial charge < -0.3 is 24.1 Å². The lowest BCUT2D eigenvalue weighted by Crippen LogP contribution is -2.41. The van der Waals surface area contributed by atoms with Crippen LogP contribution in [0.3, 0.4) is 0 Å². The molecule has 2 rings (SSSR count). The lowest BCUT2D eigenvalue weighted by Gasteiger charge is -2.29. The van der Waals surface area contributed by atoms with Gasteiger partial charge in [0.1, 0.15) is 11.3 Å². The Morgan fingerprint density at radius 3 is 2.09 bits per heavy atom. The number of carbonyl (C=O) groups is 2. The topological polar surface area (TPSA) is 91.3 Å². The number of rotatable bonds is 3. The quantitative estimate of drug-likeness (QED) is 0.515. The predicted molar refractivity (Wildman–Crippen MR) is 75.5 cm³/mol. The number of phenolic OH excluding ortho intramolecular Hbond substituents is 1. The van der Waals surface area contributed by atoms with Crippen LogP contribution in [0.25, 0.3) is 6.08 Å². The maximum Gasteiger partial charge on any atom is 0.348 e. The molecule has 0 atom stereocenters. The van der Waals surface area contributed by atoms with Crippen LogP contribution >= 0.6 is 0 Å². The molecule has 118 valence electrons. The highest BCUT2D eigenvalue weighted by molar-refractivity contribution is 6.19. The minimum atomic E-state index is -1.30. The van der Waals surface area contributed by atoms with Crippen LogP contribution in [0.2, 0.25) is 0 Å². The SMILES string of the molecule is COc1cc(C=C2C(=O)OC(C)(C)OC2=O)c(OC)cc1O. The molecule has 7 nitrogen and oxygen atoms in total. The molecule has 0 bridgehead atoms. The Morgan fingerprint density at radius 1 is 1.05 bits per heavy atom. The molecule has 0 unspecified atom stereocenters. The fourth-order valence-corrected chi connectivity index (χ4v) is 1.95. The minimum Gasteiger partial charge on any atom is -0.504 e. The summed E-state index contributed by atoms with van der Waals surface area (Å²) in [4.78, 5) is 23.9. The first kappa shape index (κ1) is 15.7. The third-order valence-corrected chi connectivity index (χ3v) is 2.95. The smallest absolute Gasteiger partial charge is 0.348 e. The largest absolute Gasteiger partial charge is 0.504 e. The van der Waals surface area contributed by atoms with Gasteiger partial charge in [-0.15, -0.1) is 0 Å². The maximum atomic E-state index is 11.9. The van der Waals surface area contributed by atoms with Crippen LogP contribution in [0.4, 0.5) is 0 Å². The average Bonchev–Trinajstić information content (AvgIpc) is 2.42. The molecule has 0 saturated carbocycles. The second-order valence-corrected chi connectivity index (χ2v) is 5.00. The van der Waals surface area contributed by atoms with Crippen molar-refractivity contribution >= 4 is 18.0 Å². The molecule has 1 aromatic carbocycles. The van der Waals surface area contributed by atoms with Crippen molar-refractivity contribution in [3.8, 4) is 17.2 Å². The molecule has 1 aromatic rings. The molecule has 1 aliphatic rings. The zero-order chi connectivity index (χ0) is 16.5. The van der Waals surface area contributed by atoms with Crippen molar-refractivity contribution in [3.05, 3.63) is 23.3 Å². The average molecular weight is 308 g/mol. The van der Waals surface area contributed by atoms with Crippen LogP contribution in [-0.4, -0.2) is 37.1 Å². The number of phenols is 1. The summed E-state index contributed by atoms with van der Waals surface area (Å²) in [6.45, 7) is 2.92. The van der Waals surface area contributed by atoms with Gasteiger partial charge in [-0.1, -0.05) is 0 Å². The highest BCUT2D eigenvalue weighted by atomic mass is 16.7. The van der Waals surface area contributed by atoms with Crippen molar-refractivity contribution in [2.45, 2.75) is 19.6 Å². The van der Waals surface area contributed by atoms with Gasteiger partial charge in [-0.25, -0.2) is 9.59 Å². The molecule has 0 spiro atoms. The van der Waals surface area contributed by atoms with Crippen molar-refractivity contribution in [3.63, 3.8) is 0 Å². The third-order valence-electron chi connectivity index (χ3n) is 2.95. The molecule has 1 aliphatic heterocycles. The maximum absolute atomic E-state index is 11.9. The number of aromatic hydroxyl groups is 1. The third kappa shape index (κ3) is 2.98. The second-order valence-electron chi connectivity index (χ2n) is 5.00. The van der Waals surface area contributed by atoms with E-state index >= 15 is 0 Å². The number of carbonyl (C=O) groups excluding carboxylic acids is 2.